The molecule has 0 saturated carbocycles. The third-order valence-electron chi connectivity index (χ3n) is 2.95. The van der Waals surface area contributed by atoms with Gasteiger partial charge in [0.1, 0.15) is 5.82 Å². The number of halogens is 1. The Balaban J connectivity index is 2.07. The third-order valence-corrected chi connectivity index (χ3v) is 2.95. The first-order valence-corrected chi connectivity index (χ1v) is 5.61. The average molecular weight is 232 g/mol. The van der Waals surface area contributed by atoms with Crippen LogP contribution in [0.4, 0.5) is 4.39 Å². The Morgan fingerprint density at radius 3 is 3.06 bits per heavy atom. The maximum atomic E-state index is 13.0. The Labute approximate surface area is 99.5 Å². The molecule has 1 aromatic rings. The highest BCUT2D eigenvalue weighted by molar-refractivity contribution is 5.77. The molecule has 1 aliphatic heterocycles. The summed E-state index contributed by atoms with van der Waals surface area (Å²) in [6.07, 6.45) is 1.04. The zero-order chi connectivity index (χ0) is 12.3. The van der Waals surface area contributed by atoms with Gasteiger partial charge in [-0.1, -0.05) is 12.1 Å². The van der Waals surface area contributed by atoms with Crippen LogP contribution in [0.3, 0.4) is 0 Å². The SMILES string of the molecule is N#CC1CCC(=O)N(Cc2cccc(F)c2)C1. The first kappa shape index (κ1) is 11.6. The van der Waals surface area contributed by atoms with Crippen molar-refractivity contribution in [2.75, 3.05) is 6.54 Å². The Kier molecular flexibility index (Phi) is 3.38. The number of nitriles is 1. The Morgan fingerprint density at radius 2 is 2.35 bits per heavy atom. The molecule has 1 atom stereocenters. The smallest absolute Gasteiger partial charge is 0.222 e. The fourth-order valence-electron chi connectivity index (χ4n) is 2.03. The maximum Gasteiger partial charge on any atom is 0.222 e. The molecule has 88 valence electrons. The van der Waals surface area contributed by atoms with Gasteiger partial charge in [-0.2, -0.15) is 5.26 Å². The van der Waals surface area contributed by atoms with Crippen molar-refractivity contribution < 1.29 is 9.18 Å². The molecule has 1 saturated heterocycles. The number of amides is 1. The molecule has 1 fully saturated rings. The van der Waals surface area contributed by atoms with Gasteiger partial charge in [0.2, 0.25) is 5.91 Å². The molecular weight excluding hydrogens is 219 g/mol. The monoisotopic (exact) mass is 232 g/mol. The average Bonchev–Trinajstić information content (AvgIpc) is 2.32. The van der Waals surface area contributed by atoms with E-state index in [2.05, 4.69) is 6.07 Å². The van der Waals surface area contributed by atoms with Crippen LogP contribution in [0.1, 0.15) is 18.4 Å². The van der Waals surface area contributed by atoms with Gasteiger partial charge < -0.3 is 4.90 Å². The molecule has 0 spiro atoms. The van der Waals surface area contributed by atoms with Gasteiger partial charge in [-0.15, -0.1) is 0 Å². The van der Waals surface area contributed by atoms with Crippen molar-refractivity contribution >= 4 is 5.91 Å². The number of benzene rings is 1. The zero-order valence-electron chi connectivity index (χ0n) is 9.40. The first-order chi connectivity index (χ1) is 8.19. The summed E-state index contributed by atoms with van der Waals surface area (Å²) < 4.78 is 13.0. The van der Waals surface area contributed by atoms with Crippen molar-refractivity contribution in [3.8, 4) is 6.07 Å². The zero-order valence-corrected chi connectivity index (χ0v) is 9.40. The van der Waals surface area contributed by atoms with E-state index in [-0.39, 0.29) is 17.6 Å². The van der Waals surface area contributed by atoms with E-state index in [0.717, 1.165) is 5.56 Å². The molecule has 1 amide bonds. The predicted molar refractivity (Wildman–Crippen MR) is 60.2 cm³/mol. The van der Waals surface area contributed by atoms with Crippen molar-refractivity contribution in [2.45, 2.75) is 19.4 Å². The second-order valence-electron chi connectivity index (χ2n) is 4.27. The van der Waals surface area contributed by atoms with Gasteiger partial charge in [-0.25, -0.2) is 4.39 Å². The molecule has 17 heavy (non-hydrogen) atoms. The minimum Gasteiger partial charge on any atom is -0.337 e. The van der Waals surface area contributed by atoms with Crippen LogP contribution in [-0.4, -0.2) is 17.4 Å². The molecule has 0 radical (unpaired) electrons. The van der Waals surface area contributed by atoms with Crippen molar-refractivity contribution in [2.24, 2.45) is 5.92 Å². The highest BCUT2D eigenvalue weighted by atomic mass is 19.1. The molecule has 0 N–H and O–H groups in total. The van der Waals surface area contributed by atoms with E-state index in [1.807, 2.05) is 0 Å². The molecule has 0 bridgehead atoms. The summed E-state index contributed by atoms with van der Waals surface area (Å²) in [4.78, 5) is 13.3. The summed E-state index contributed by atoms with van der Waals surface area (Å²) in [6, 6.07) is 8.39. The van der Waals surface area contributed by atoms with Crippen LogP contribution in [0.5, 0.6) is 0 Å². The third kappa shape index (κ3) is 2.82. The van der Waals surface area contributed by atoms with Crippen LogP contribution in [0, 0.1) is 23.1 Å². The topological polar surface area (TPSA) is 44.1 Å². The number of carbonyl (C=O) groups excluding carboxylic acids is 1. The fourth-order valence-corrected chi connectivity index (χ4v) is 2.03. The van der Waals surface area contributed by atoms with Gasteiger partial charge >= 0.3 is 0 Å². The van der Waals surface area contributed by atoms with Crippen LogP contribution in [-0.2, 0) is 11.3 Å². The molecule has 0 aromatic heterocycles. The van der Waals surface area contributed by atoms with Gasteiger partial charge in [-0.3, -0.25) is 4.79 Å². The molecule has 1 aromatic carbocycles. The minimum absolute atomic E-state index is 0.0424. The Bertz CT molecular complexity index is 467. The standard InChI is InChI=1S/C13H13FN2O/c14-12-3-1-2-10(6-12)8-16-9-11(7-15)4-5-13(16)17/h1-3,6,11H,4-5,8-9H2. The second kappa shape index (κ2) is 4.96. The van der Waals surface area contributed by atoms with Crippen molar-refractivity contribution in [3.05, 3.63) is 35.6 Å². The van der Waals surface area contributed by atoms with Crippen molar-refractivity contribution in [1.29, 1.82) is 5.26 Å². The van der Waals surface area contributed by atoms with Crippen LogP contribution in [0.25, 0.3) is 0 Å². The van der Waals surface area contributed by atoms with E-state index in [0.29, 0.717) is 25.9 Å². The Morgan fingerprint density at radius 1 is 1.53 bits per heavy atom. The number of nitrogens with zero attached hydrogens (tertiary/aromatic N) is 2. The van der Waals surface area contributed by atoms with E-state index >= 15 is 0 Å². The van der Waals surface area contributed by atoms with Crippen molar-refractivity contribution in [1.82, 2.24) is 4.90 Å². The van der Waals surface area contributed by atoms with E-state index in [1.54, 1.807) is 17.0 Å². The normalized spacial score (nSPS) is 20.1. The van der Waals surface area contributed by atoms with Gasteiger partial charge in [0.05, 0.1) is 12.0 Å². The van der Waals surface area contributed by atoms with Crippen molar-refractivity contribution in [3.63, 3.8) is 0 Å². The van der Waals surface area contributed by atoms with Crippen LogP contribution in [0.15, 0.2) is 24.3 Å². The molecule has 3 nitrogen and oxygen atoms in total. The number of carbonyl (C=O) groups is 1. The van der Waals surface area contributed by atoms with E-state index in [4.69, 9.17) is 5.26 Å². The van der Waals surface area contributed by atoms with E-state index in [1.165, 1.54) is 12.1 Å². The molecule has 2 rings (SSSR count). The molecule has 1 aliphatic rings. The number of hydrogen-bond donors (Lipinski definition) is 0. The van der Waals surface area contributed by atoms with Crippen LogP contribution in [0.2, 0.25) is 0 Å². The molecule has 1 heterocycles. The summed E-state index contributed by atoms with van der Waals surface area (Å²) in [6.45, 7) is 0.834. The summed E-state index contributed by atoms with van der Waals surface area (Å²) >= 11 is 0. The fraction of sp³-hybridized carbons (Fsp3) is 0.385. The first-order valence-electron chi connectivity index (χ1n) is 5.61. The number of hydrogen-bond acceptors (Lipinski definition) is 2. The van der Waals surface area contributed by atoms with Gasteiger partial charge in [0.25, 0.3) is 0 Å². The maximum absolute atomic E-state index is 13.0. The van der Waals surface area contributed by atoms with Crippen LogP contribution >= 0.6 is 0 Å². The molecular formula is C13H13FN2O. The largest absolute Gasteiger partial charge is 0.337 e. The minimum atomic E-state index is -0.302. The lowest BCUT2D eigenvalue weighted by Crippen LogP contribution is -2.38. The summed E-state index contributed by atoms with van der Waals surface area (Å²) in [7, 11) is 0. The second-order valence-corrected chi connectivity index (χ2v) is 4.27. The molecule has 1 unspecified atom stereocenters. The summed E-state index contributed by atoms with van der Waals surface area (Å²) in [5.74, 6) is -0.356. The van der Waals surface area contributed by atoms with E-state index < -0.39 is 0 Å². The highest BCUT2D eigenvalue weighted by Gasteiger charge is 2.25. The van der Waals surface area contributed by atoms with Crippen LogP contribution < -0.4 is 0 Å². The quantitative estimate of drug-likeness (QED) is 0.783. The van der Waals surface area contributed by atoms with Gasteiger partial charge in [0.15, 0.2) is 0 Å². The number of likely N-dealkylation sites (tertiary alicyclic amines) is 1. The lowest BCUT2D eigenvalue weighted by molar-refractivity contribution is -0.134. The molecule has 0 aliphatic carbocycles. The summed E-state index contributed by atoms with van der Waals surface area (Å²) in [5, 5.41) is 8.86. The summed E-state index contributed by atoms with van der Waals surface area (Å²) in [5.41, 5.74) is 0.761. The Hall–Kier alpha value is -1.89. The lowest BCUT2D eigenvalue weighted by atomic mass is 9.98. The highest BCUT2D eigenvalue weighted by Crippen LogP contribution is 2.19. The molecule has 4 heteroatoms. The van der Waals surface area contributed by atoms with Gasteiger partial charge in [-0.05, 0) is 24.1 Å². The van der Waals surface area contributed by atoms with Gasteiger partial charge in [0, 0.05) is 19.5 Å². The van der Waals surface area contributed by atoms with E-state index in [9.17, 15) is 9.18 Å². The number of piperidine rings is 1. The number of rotatable bonds is 2. The lowest BCUT2D eigenvalue weighted by Gasteiger charge is -2.29. The predicted octanol–water partition coefficient (Wildman–Crippen LogP) is 2.09.